The molecule has 0 spiro atoms. The fourth-order valence-electron chi connectivity index (χ4n) is 4.80. The van der Waals surface area contributed by atoms with E-state index in [9.17, 15) is 0 Å². The van der Waals surface area contributed by atoms with Crippen molar-refractivity contribution in [3.05, 3.63) is 35.5 Å². The predicted molar refractivity (Wildman–Crippen MR) is 83.3 cm³/mol. The standard InChI is InChI=1S/C18H22N2O/c1-2-4-16-14(3-1)15-5-7-20-10-13-11-21-8-6-12(13)9-17(20)18(15)19-16/h1-4,12-13,17,19H,5-11H2. The number of benzene rings is 1. The van der Waals surface area contributed by atoms with Crippen LogP contribution in [-0.2, 0) is 11.2 Å². The van der Waals surface area contributed by atoms with Crippen molar-refractivity contribution in [2.75, 3.05) is 26.3 Å². The maximum Gasteiger partial charge on any atom is 0.0509 e. The summed E-state index contributed by atoms with van der Waals surface area (Å²) in [5, 5.41) is 1.45. The molecule has 0 aliphatic carbocycles. The van der Waals surface area contributed by atoms with Crippen LogP contribution < -0.4 is 0 Å². The van der Waals surface area contributed by atoms with Crippen LogP contribution in [0.15, 0.2) is 24.3 Å². The summed E-state index contributed by atoms with van der Waals surface area (Å²) in [5.74, 6) is 1.62. The molecule has 1 N–H and O–H groups in total. The highest BCUT2D eigenvalue weighted by molar-refractivity contribution is 5.85. The van der Waals surface area contributed by atoms with Crippen molar-refractivity contribution in [3.8, 4) is 0 Å². The Balaban J connectivity index is 1.56. The molecule has 4 heterocycles. The number of H-pyrrole nitrogens is 1. The van der Waals surface area contributed by atoms with Crippen LogP contribution in [0.1, 0.15) is 30.1 Å². The fourth-order valence-corrected chi connectivity index (χ4v) is 4.80. The Morgan fingerprint density at radius 1 is 1.19 bits per heavy atom. The summed E-state index contributed by atoms with van der Waals surface area (Å²) in [7, 11) is 0. The van der Waals surface area contributed by atoms with Gasteiger partial charge in [0.2, 0.25) is 0 Å². The van der Waals surface area contributed by atoms with Crippen LogP contribution in [-0.4, -0.2) is 36.2 Å². The molecule has 2 saturated heterocycles. The van der Waals surface area contributed by atoms with Gasteiger partial charge in [-0.05, 0) is 42.7 Å². The van der Waals surface area contributed by atoms with Crippen molar-refractivity contribution in [3.63, 3.8) is 0 Å². The second-order valence-corrected chi connectivity index (χ2v) is 6.94. The Kier molecular flexibility index (Phi) is 2.67. The third-order valence-corrected chi connectivity index (χ3v) is 5.90. The third kappa shape index (κ3) is 1.80. The first kappa shape index (κ1) is 12.2. The van der Waals surface area contributed by atoms with Crippen LogP contribution in [0, 0.1) is 11.8 Å². The molecule has 3 aliphatic heterocycles. The Morgan fingerprint density at radius 2 is 2.14 bits per heavy atom. The average Bonchev–Trinajstić information content (AvgIpc) is 2.92. The molecule has 2 fully saturated rings. The molecule has 0 amide bonds. The van der Waals surface area contributed by atoms with Crippen LogP contribution in [0.2, 0.25) is 0 Å². The number of hydrogen-bond acceptors (Lipinski definition) is 2. The van der Waals surface area contributed by atoms with Crippen LogP contribution in [0.3, 0.4) is 0 Å². The minimum absolute atomic E-state index is 0.612. The SMILES string of the molecule is c1ccc2c3c([nH]c2c1)C1CC2CCOCC2CN1CC3. The molecule has 3 aliphatic rings. The summed E-state index contributed by atoms with van der Waals surface area (Å²) < 4.78 is 5.70. The number of para-hydroxylation sites is 1. The summed E-state index contributed by atoms with van der Waals surface area (Å²) in [5.41, 5.74) is 4.41. The van der Waals surface area contributed by atoms with Crippen LogP contribution in [0.5, 0.6) is 0 Å². The normalized spacial score (nSPS) is 32.5. The highest BCUT2D eigenvalue weighted by Crippen LogP contribution is 2.44. The average molecular weight is 282 g/mol. The van der Waals surface area contributed by atoms with Crippen molar-refractivity contribution in [1.29, 1.82) is 0 Å². The van der Waals surface area contributed by atoms with Gasteiger partial charge in [-0.3, -0.25) is 4.90 Å². The van der Waals surface area contributed by atoms with Gasteiger partial charge in [0.15, 0.2) is 0 Å². The zero-order valence-electron chi connectivity index (χ0n) is 12.3. The first-order valence-electron chi connectivity index (χ1n) is 8.31. The first-order valence-corrected chi connectivity index (χ1v) is 8.31. The van der Waals surface area contributed by atoms with Crippen molar-refractivity contribution in [2.45, 2.75) is 25.3 Å². The van der Waals surface area contributed by atoms with Gasteiger partial charge in [-0.2, -0.15) is 0 Å². The number of aromatic nitrogens is 1. The molecule has 0 radical (unpaired) electrons. The molecule has 1 aromatic heterocycles. The molecule has 5 rings (SSSR count). The quantitative estimate of drug-likeness (QED) is 0.804. The third-order valence-electron chi connectivity index (χ3n) is 5.90. The molecule has 3 atom stereocenters. The maximum atomic E-state index is 5.70. The Hall–Kier alpha value is -1.32. The molecule has 1 aromatic carbocycles. The number of hydrogen-bond donors (Lipinski definition) is 1. The lowest BCUT2D eigenvalue weighted by atomic mass is 9.76. The Bertz CT molecular complexity index is 677. The molecule has 21 heavy (non-hydrogen) atoms. The number of nitrogens with one attached hydrogen (secondary N) is 1. The van der Waals surface area contributed by atoms with Crippen LogP contribution in [0.25, 0.3) is 10.9 Å². The molecule has 3 nitrogen and oxygen atoms in total. The highest BCUT2D eigenvalue weighted by atomic mass is 16.5. The molecule has 110 valence electrons. The van der Waals surface area contributed by atoms with Gasteiger partial charge in [-0.15, -0.1) is 0 Å². The molecule has 3 heteroatoms. The summed E-state index contributed by atoms with van der Waals surface area (Å²) in [6.07, 6.45) is 3.76. The molecular weight excluding hydrogens is 260 g/mol. The van der Waals surface area contributed by atoms with Crippen molar-refractivity contribution in [1.82, 2.24) is 9.88 Å². The molecule has 0 saturated carbocycles. The first-order chi connectivity index (χ1) is 10.4. The highest BCUT2D eigenvalue weighted by Gasteiger charge is 2.41. The van der Waals surface area contributed by atoms with Crippen molar-refractivity contribution in [2.24, 2.45) is 11.8 Å². The van der Waals surface area contributed by atoms with Crippen molar-refractivity contribution >= 4 is 10.9 Å². The zero-order chi connectivity index (χ0) is 13.8. The largest absolute Gasteiger partial charge is 0.381 e. The summed E-state index contributed by atoms with van der Waals surface area (Å²) in [4.78, 5) is 6.44. The predicted octanol–water partition coefficient (Wildman–Crippen LogP) is 3.12. The van der Waals surface area contributed by atoms with Crippen molar-refractivity contribution < 1.29 is 4.74 Å². The summed E-state index contributed by atoms with van der Waals surface area (Å²) >= 11 is 0. The van der Waals surface area contributed by atoms with Gasteiger partial charge < -0.3 is 9.72 Å². The monoisotopic (exact) mass is 282 g/mol. The zero-order valence-corrected chi connectivity index (χ0v) is 12.3. The molecule has 2 aromatic rings. The second kappa shape index (κ2) is 4.59. The molecule has 3 unspecified atom stereocenters. The number of aromatic amines is 1. The van der Waals surface area contributed by atoms with Crippen LogP contribution in [0.4, 0.5) is 0 Å². The van der Waals surface area contributed by atoms with Gasteiger partial charge in [0.05, 0.1) is 12.6 Å². The van der Waals surface area contributed by atoms with E-state index in [4.69, 9.17) is 4.74 Å². The fraction of sp³-hybridized carbons (Fsp3) is 0.556. The minimum Gasteiger partial charge on any atom is -0.381 e. The van der Waals surface area contributed by atoms with E-state index in [-0.39, 0.29) is 0 Å². The summed E-state index contributed by atoms with van der Waals surface area (Å²) in [6, 6.07) is 9.41. The number of nitrogens with zero attached hydrogens (tertiary/aromatic N) is 1. The van der Waals surface area contributed by atoms with Gasteiger partial charge in [-0.25, -0.2) is 0 Å². The van der Waals surface area contributed by atoms with Gasteiger partial charge in [0.1, 0.15) is 0 Å². The minimum atomic E-state index is 0.612. The summed E-state index contributed by atoms with van der Waals surface area (Å²) in [6.45, 7) is 4.38. The van der Waals surface area contributed by atoms with E-state index in [1.165, 1.54) is 48.9 Å². The lowest BCUT2D eigenvalue weighted by Gasteiger charge is -2.47. The smallest absolute Gasteiger partial charge is 0.0509 e. The van der Waals surface area contributed by atoms with E-state index >= 15 is 0 Å². The van der Waals surface area contributed by atoms with Gasteiger partial charge >= 0.3 is 0 Å². The number of rotatable bonds is 0. The van der Waals surface area contributed by atoms with Gasteiger partial charge in [0, 0.05) is 36.3 Å². The Morgan fingerprint density at radius 3 is 3.14 bits per heavy atom. The lowest BCUT2D eigenvalue weighted by Crippen LogP contribution is -2.48. The second-order valence-electron chi connectivity index (χ2n) is 6.94. The number of piperidine rings is 1. The maximum absolute atomic E-state index is 5.70. The van der Waals surface area contributed by atoms with E-state index < -0.39 is 0 Å². The molecular formula is C18H22N2O. The lowest BCUT2D eigenvalue weighted by molar-refractivity contribution is -0.0473. The van der Waals surface area contributed by atoms with Crippen LogP contribution >= 0.6 is 0 Å². The van der Waals surface area contributed by atoms with E-state index in [0.29, 0.717) is 6.04 Å². The number of ether oxygens (including phenoxy) is 1. The Labute approximate surface area is 125 Å². The van der Waals surface area contributed by atoms with E-state index in [2.05, 4.69) is 34.1 Å². The van der Waals surface area contributed by atoms with Gasteiger partial charge in [0.25, 0.3) is 0 Å². The number of fused-ring (bicyclic) bond motifs is 6. The van der Waals surface area contributed by atoms with E-state index in [1.807, 2.05) is 0 Å². The topological polar surface area (TPSA) is 28.3 Å². The molecule has 0 bridgehead atoms. The van der Waals surface area contributed by atoms with E-state index in [0.717, 1.165) is 25.0 Å². The van der Waals surface area contributed by atoms with Gasteiger partial charge in [-0.1, -0.05) is 18.2 Å². The van der Waals surface area contributed by atoms with E-state index in [1.54, 1.807) is 5.56 Å².